The maximum absolute atomic E-state index is 12.8. The molecule has 37 heavy (non-hydrogen) atoms. The van der Waals surface area contributed by atoms with Crippen molar-refractivity contribution >= 4 is 29.6 Å². The number of H-pyrrole nitrogens is 1. The zero-order chi connectivity index (χ0) is 27.5. The average molecular weight is 520 g/mol. The molecule has 15 heteroatoms. The van der Waals surface area contributed by atoms with Crippen molar-refractivity contribution in [3.05, 3.63) is 48.0 Å². The van der Waals surface area contributed by atoms with Gasteiger partial charge < -0.3 is 47.7 Å². The zero-order valence-corrected chi connectivity index (χ0v) is 19.6. The number of aromatic amines is 1. The van der Waals surface area contributed by atoms with Gasteiger partial charge in [-0.25, -0.2) is 9.78 Å². The minimum Gasteiger partial charge on any atom is -0.508 e. The molecule has 11 N–H and O–H groups in total. The fourth-order valence-corrected chi connectivity index (χ4v) is 3.22. The number of carbonyl (C=O) groups excluding carboxylic acids is 4. The van der Waals surface area contributed by atoms with E-state index in [1.807, 2.05) is 0 Å². The summed E-state index contributed by atoms with van der Waals surface area (Å²) in [5.41, 5.74) is 12.0. The second kappa shape index (κ2) is 13.6. The monoisotopic (exact) mass is 519 g/mol. The van der Waals surface area contributed by atoms with E-state index in [-0.39, 0.29) is 18.6 Å². The second-order valence-electron chi connectivity index (χ2n) is 8.13. The summed E-state index contributed by atoms with van der Waals surface area (Å²) in [6.45, 7) is -0.832. The molecule has 4 amide bonds. The molecule has 2 rings (SSSR count). The number of carbonyl (C=O) groups is 5. The molecular formula is C22H29N7O8. The maximum Gasteiger partial charge on any atom is 0.326 e. The lowest BCUT2D eigenvalue weighted by Gasteiger charge is -2.24. The molecule has 0 fully saturated rings. The Bertz CT molecular complexity index is 1090. The highest BCUT2D eigenvalue weighted by molar-refractivity contribution is 5.95. The van der Waals surface area contributed by atoms with Crippen LogP contribution in [0.1, 0.15) is 17.7 Å². The number of benzene rings is 1. The third-order valence-electron chi connectivity index (χ3n) is 5.18. The van der Waals surface area contributed by atoms with Crippen molar-refractivity contribution in [2.45, 2.75) is 43.4 Å². The quantitative estimate of drug-likeness (QED) is 0.120. The maximum atomic E-state index is 12.8. The van der Waals surface area contributed by atoms with Crippen molar-refractivity contribution in [3.8, 4) is 5.75 Å². The van der Waals surface area contributed by atoms with Crippen molar-refractivity contribution in [3.63, 3.8) is 0 Å². The topological polar surface area (TPSA) is 263 Å². The lowest BCUT2D eigenvalue weighted by Crippen LogP contribution is -2.58. The largest absolute Gasteiger partial charge is 0.508 e. The summed E-state index contributed by atoms with van der Waals surface area (Å²) in [5, 5.41) is 35.1. The smallest absolute Gasteiger partial charge is 0.326 e. The number of nitrogens with zero attached hydrogens (tertiary/aromatic N) is 1. The molecule has 1 aromatic heterocycles. The summed E-state index contributed by atoms with van der Waals surface area (Å²) in [4.78, 5) is 67.2. The number of hydrogen-bond acceptors (Lipinski definition) is 9. The number of nitrogens with one attached hydrogen (secondary N) is 4. The number of carboxylic acids is 1. The standard InChI is InChI=1S/C22H29N7O8/c23-14(5-11-1-3-13(31)4-2-11)19(33)29-17(9-30)21(35)27-15(6-12-8-25-10-26-12)20(34)28-16(22(36)37)7-18(24)32/h1-4,8,10,14-17,30-31H,5-7,9,23H2,(H2,24,32)(H,25,26)(H,27,35)(H,28,34)(H,29,33)(H,36,37). The Kier molecular flexibility index (Phi) is 10.5. The molecule has 0 bridgehead atoms. The van der Waals surface area contributed by atoms with Crippen molar-refractivity contribution in [1.82, 2.24) is 25.9 Å². The lowest BCUT2D eigenvalue weighted by atomic mass is 10.1. The summed E-state index contributed by atoms with van der Waals surface area (Å²) in [5.74, 6) is -5.10. The second-order valence-corrected chi connectivity index (χ2v) is 8.13. The number of hydrogen-bond donors (Lipinski definition) is 9. The van der Waals surface area contributed by atoms with Gasteiger partial charge in [0.15, 0.2) is 0 Å². The number of amides is 4. The number of aliphatic carboxylic acids is 1. The van der Waals surface area contributed by atoms with Crippen LogP contribution in [0.3, 0.4) is 0 Å². The molecule has 0 aliphatic heterocycles. The molecule has 2 aromatic rings. The summed E-state index contributed by atoms with van der Waals surface area (Å²) in [6, 6.07) is 0.383. The molecule has 200 valence electrons. The van der Waals surface area contributed by atoms with Crippen LogP contribution in [0.5, 0.6) is 5.75 Å². The predicted octanol–water partition coefficient (Wildman–Crippen LogP) is -3.37. The van der Waals surface area contributed by atoms with Crippen LogP contribution in [0.4, 0.5) is 0 Å². The number of carboxylic acid groups (broad SMARTS) is 1. The number of aliphatic hydroxyl groups is 1. The Labute approximate surface area is 210 Å². The van der Waals surface area contributed by atoms with E-state index in [0.717, 1.165) is 0 Å². The van der Waals surface area contributed by atoms with E-state index in [1.54, 1.807) is 12.1 Å². The van der Waals surface area contributed by atoms with Gasteiger partial charge >= 0.3 is 5.97 Å². The Balaban J connectivity index is 2.09. The predicted molar refractivity (Wildman–Crippen MR) is 126 cm³/mol. The average Bonchev–Trinajstić information content (AvgIpc) is 3.35. The number of aromatic nitrogens is 2. The van der Waals surface area contributed by atoms with E-state index < -0.39 is 66.8 Å². The number of phenols is 1. The van der Waals surface area contributed by atoms with E-state index >= 15 is 0 Å². The van der Waals surface area contributed by atoms with E-state index in [0.29, 0.717) is 11.3 Å². The number of aliphatic hydroxyl groups excluding tert-OH is 1. The number of imidazole rings is 1. The normalized spacial score (nSPS) is 14.0. The number of rotatable bonds is 14. The van der Waals surface area contributed by atoms with E-state index in [9.17, 15) is 39.3 Å². The van der Waals surface area contributed by atoms with Gasteiger partial charge in [-0.3, -0.25) is 19.2 Å². The van der Waals surface area contributed by atoms with Gasteiger partial charge in [-0.1, -0.05) is 12.1 Å². The van der Waals surface area contributed by atoms with Gasteiger partial charge in [0.1, 0.15) is 23.9 Å². The number of phenolic OH excluding ortho intramolecular Hbond substituents is 1. The van der Waals surface area contributed by atoms with Gasteiger partial charge in [-0.2, -0.15) is 0 Å². The third-order valence-corrected chi connectivity index (χ3v) is 5.18. The van der Waals surface area contributed by atoms with Crippen molar-refractivity contribution in [2.24, 2.45) is 11.5 Å². The molecule has 0 radical (unpaired) electrons. The van der Waals surface area contributed by atoms with Crippen molar-refractivity contribution < 1.29 is 39.3 Å². The van der Waals surface area contributed by atoms with Crippen LogP contribution < -0.4 is 27.4 Å². The summed E-state index contributed by atoms with van der Waals surface area (Å²) < 4.78 is 0. The van der Waals surface area contributed by atoms with Gasteiger partial charge in [0.2, 0.25) is 23.6 Å². The van der Waals surface area contributed by atoms with Crippen LogP contribution in [0, 0.1) is 0 Å². The van der Waals surface area contributed by atoms with Gasteiger partial charge in [0.05, 0.1) is 25.4 Å². The first-order valence-corrected chi connectivity index (χ1v) is 11.0. The van der Waals surface area contributed by atoms with Crippen molar-refractivity contribution in [1.29, 1.82) is 0 Å². The molecule has 0 spiro atoms. The first-order valence-electron chi connectivity index (χ1n) is 11.0. The third kappa shape index (κ3) is 9.23. The SMILES string of the molecule is NC(=O)CC(NC(=O)C(Cc1cnc[nH]1)NC(=O)C(CO)NC(=O)C(N)Cc1ccc(O)cc1)C(=O)O. The molecule has 4 atom stereocenters. The van der Waals surface area contributed by atoms with Crippen LogP contribution >= 0.6 is 0 Å². The molecule has 0 saturated carbocycles. The van der Waals surface area contributed by atoms with E-state index in [1.165, 1.54) is 24.7 Å². The molecule has 0 saturated heterocycles. The Morgan fingerprint density at radius 1 is 0.919 bits per heavy atom. The molecule has 15 nitrogen and oxygen atoms in total. The highest BCUT2D eigenvalue weighted by Gasteiger charge is 2.31. The zero-order valence-electron chi connectivity index (χ0n) is 19.6. The van der Waals surface area contributed by atoms with Crippen LogP contribution in [0.25, 0.3) is 0 Å². The summed E-state index contributed by atoms with van der Waals surface area (Å²) in [7, 11) is 0. The summed E-state index contributed by atoms with van der Waals surface area (Å²) in [6.07, 6.45) is 1.93. The minimum atomic E-state index is -1.64. The van der Waals surface area contributed by atoms with Crippen LogP contribution in [0.15, 0.2) is 36.8 Å². The molecule has 1 aromatic carbocycles. The van der Waals surface area contributed by atoms with Crippen LogP contribution in [-0.4, -0.2) is 85.7 Å². The number of primary amides is 1. The van der Waals surface area contributed by atoms with Gasteiger partial charge in [0.25, 0.3) is 0 Å². The number of nitrogens with two attached hydrogens (primary N) is 2. The van der Waals surface area contributed by atoms with E-state index in [4.69, 9.17) is 11.5 Å². The Morgan fingerprint density at radius 2 is 1.51 bits per heavy atom. The Hall–Kier alpha value is -4.50. The number of aromatic hydroxyl groups is 1. The summed E-state index contributed by atoms with van der Waals surface area (Å²) >= 11 is 0. The molecule has 4 unspecified atom stereocenters. The first-order chi connectivity index (χ1) is 17.5. The molecule has 1 heterocycles. The van der Waals surface area contributed by atoms with Gasteiger partial charge in [-0.15, -0.1) is 0 Å². The fraction of sp³-hybridized carbons (Fsp3) is 0.364. The van der Waals surface area contributed by atoms with E-state index in [2.05, 4.69) is 25.9 Å². The Morgan fingerprint density at radius 3 is 2.05 bits per heavy atom. The lowest BCUT2D eigenvalue weighted by molar-refractivity contribution is -0.143. The van der Waals surface area contributed by atoms with Crippen LogP contribution in [-0.2, 0) is 36.8 Å². The first kappa shape index (κ1) is 28.7. The molecular weight excluding hydrogens is 490 g/mol. The molecule has 0 aliphatic rings. The van der Waals surface area contributed by atoms with Crippen molar-refractivity contribution in [2.75, 3.05) is 6.61 Å². The van der Waals surface area contributed by atoms with Gasteiger partial charge in [-0.05, 0) is 24.1 Å². The highest BCUT2D eigenvalue weighted by atomic mass is 16.4. The minimum absolute atomic E-state index is 0.0387. The fourth-order valence-electron chi connectivity index (χ4n) is 3.22. The highest BCUT2D eigenvalue weighted by Crippen LogP contribution is 2.11. The molecule has 0 aliphatic carbocycles. The van der Waals surface area contributed by atoms with Crippen LogP contribution in [0.2, 0.25) is 0 Å². The van der Waals surface area contributed by atoms with Gasteiger partial charge in [0, 0.05) is 18.3 Å².